The minimum atomic E-state index is -3.06. The molecule has 0 bridgehead atoms. The Balaban J connectivity index is 0.00000353. The van der Waals surface area contributed by atoms with Crippen LogP contribution >= 0.6 is 12.4 Å². The molecule has 1 saturated heterocycles. The Morgan fingerprint density at radius 2 is 1.77 bits per heavy atom. The molecule has 1 saturated carbocycles. The monoisotopic (exact) mass is 573 g/mol. The van der Waals surface area contributed by atoms with Crippen LogP contribution in [0, 0.1) is 0 Å². The van der Waals surface area contributed by atoms with Gasteiger partial charge in [0.1, 0.15) is 29.3 Å². The van der Waals surface area contributed by atoms with Gasteiger partial charge in [-0.05, 0) is 42.7 Å². The molecule has 0 unspecified atom stereocenters. The van der Waals surface area contributed by atoms with Crippen LogP contribution in [0.3, 0.4) is 0 Å². The number of carbonyl (C=O) groups excluding carboxylic acids is 2. The maximum absolute atomic E-state index is 14.6. The largest absolute Gasteiger partial charge is 0.435 e. The van der Waals surface area contributed by atoms with Crippen molar-refractivity contribution in [3.8, 4) is 5.75 Å². The second-order valence-electron chi connectivity index (χ2n) is 9.64. The lowest BCUT2D eigenvalue weighted by atomic mass is 9.67. The summed E-state index contributed by atoms with van der Waals surface area (Å²) < 4.78 is 72.5. The van der Waals surface area contributed by atoms with Gasteiger partial charge in [0, 0.05) is 19.3 Å². The lowest BCUT2D eigenvalue weighted by molar-refractivity contribution is -0.146. The smallest absolute Gasteiger partial charge is 0.387 e. The zero-order valence-corrected chi connectivity index (χ0v) is 21.2. The van der Waals surface area contributed by atoms with E-state index in [2.05, 4.69) is 25.2 Å². The summed E-state index contributed by atoms with van der Waals surface area (Å²) in [7, 11) is 0. The topological polar surface area (TPSA) is 100 Å². The number of anilines is 1. The van der Waals surface area contributed by atoms with Gasteiger partial charge >= 0.3 is 6.61 Å². The second kappa shape index (κ2) is 10.9. The lowest BCUT2D eigenvalue weighted by Gasteiger charge is -2.42. The number of hydrogen-bond donors (Lipinski definition) is 2. The molecule has 0 spiro atoms. The number of benzene rings is 1. The number of aromatic amines is 1. The Bertz CT molecular complexity index is 1330. The van der Waals surface area contributed by atoms with Crippen molar-refractivity contribution in [3.63, 3.8) is 0 Å². The molecule has 39 heavy (non-hydrogen) atoms. The van der Waals surface area contributed by atoms with Crippen LogP contribution in [-0.4, -0.2) is 63.2 Å². The molecule has 2 atom stereocenters. The molecule has 1 aliphatic carbocycles. The van der Waals surface area contributed by atoms with Gasteiger partial charge in [0.15, 0.2) is 0 Å². The Morgan fingerprint density at radius 3 is 2.44 bits per heavy atom. The predicted octanol–water partition coefficient (Wildman–Crippen LogP) is 5.01. The molecule has 8 nitrogen and oxygen atoms in total. The fourth-order valence-corrected chi connectivity index (χ4v) is 5.27. The number of hydrogen-bond acceptors (Lipinski definition) is 5. The summed E-state index contributed by atoms with van der Waals surface area (Å²) in [4.78, 5) is 32.5. The van der Waals surface area contributed by atoms with E-state index in [-0.39, 0.29) is 49.8 Å². The summed E-state index contributed by atoms with van der Waals surface area (Å²) in [6.45, 7) is -3.44. The number of likely N-dealkylation sites (tertiary alicyclic amines) is 1. The van der Waals surface area contributed by atoms with Crippen molar-refractivity contribution >= 4 is 41.1 Å². The molecule has 14 heteroatoms. The molecule has 2 amide bonds. The number of ether oxygens (including phenoxy) is 1. The van der Waals surface area contributed by atoms with Gasteiger partial charge in [0.2, 0.25) is 17.7 Å². The first-order valence-corrected chi connectivity index (χ1v) is 12.1. The number of nitrogens with one attached hydrogen (secondary N) is 2. The molecule has 2 fully saturated rings. The van der Waals surface area contributed by atoms with E-state index in [1.165, 1.54) is 36.5 Å². The molecule has 1 aromatic carbocycles. The number of fused-ring (bicyclic) bond motifs is 1. The number of rotatable bonds is 6. The molecule has 3 heterocycles. The quantitative estimate of drug-likeness (QED) is 0.404. The van der Waals surface area contributed by atoms with Gasteiger partial charge in [-0.15, -0.1) is 12.4 Å². The standard InChI is InChI=1S/C25H24F5N5O3.ClH/c26-15-11-19(21(36)33-20-6-5-17-18(32-20)12-31-34-17)35(13-15)22(37)24(7-9-25(29,30)10-8-24)14-1-3-16(4-2-14)38-23(27)28;/h1-6,12,15,19,23H,7-11,13H2,(H,31,34)(H,32,33,36);1H/t15-,19-;/m1./s1. The highest BCUT2D eigenvalue weighted by molar-refractivity contribution is 5.99. The Labute approximate surface area is 225 Å². The third-order valence-electron chi connectivity index (χ3n) is 7.24. The minimum Gasteiger partial charge on any atom is -0.435 e. The van der Waals surface area contributed by atoms with E-state index in [0.717, 1.165) is 4.90 Å². The molecule has 2 aliphatic rings. The summed E-state index contributed by atoms with van der Waals surface area (Å²) in [5.74, 6) is -4.28. The fraction of sp³-hybridized carbons (Fsp3) is 0.440. The van der Waals surface area contributed by atoms with Crippen molar-refractivity contribution in [2.24, 2.45) is 0 Å². The third kappa shape index (κ3) is 5.77. The van der Waals surface area contributed by atoms with E-state index < -0.39 is 54.8 Å². The number of amides is 2. The second-order valence-corrected chi connectivity index (χ2v) is 9.64. The summed E-state index contributed by atoms with van der Waals surface area (Å²) in [5.41, 5.74) is -0.0350. The normalized spacial score (nSPS) is 21.9. The lowest BCUT2D eigenvalue weighted by Crippen LogP contribution is -2.54. The highest BCUT2D eigenvalue weighted by Crippen LogP contribution is 2.47. The summed E-state index contributed by atoms with van der Waals surface area (Å²) >= 11 is 0. The molecule has 3 aromatic rings. The number of nitrogens with zero attached hydrogens (tertiary/aromatic N) is 3. The van der Waals surface area contributed by atoms with Crippen LogP contribution in [0.5, 0.6) is 5.75 Å². The summed E-state index contributed by atoms with van der Waals surface area (Å²) in [5, 5.41) is 9.20. The van der Waals surface area contributed by atoms with Gasteiger partial charge in [-0.25, -0.2) is 18.2 Å². The summed E-state index contributed by atoms with van der Waals surface area (Å²) in [6, 6.07) is 7.20. The van der Waals surface area contributed by atoms with Gasteiger partial charge in [-0.3, -0.25) is 14.7 Å². The first kappa shape index (κ1) is 28.5. The van der Waals surface area contributed by atoms with Gasteiger partial charge in [0.25, 0.3) is 0 Å². The molecule has 2 aromatic heterocycles. The zero-order valence-electron chi connectivity index (χ0n) is 20.4. The Hall–Kier alpha value is -3.48. The van der Waals surface area contributed by atoms with Crippen LogP contribution in [0.4, 0.5) is 27.8 Å². The highest BCUT2D eigenvalue weighted by Gasteiger charge is 2.53. The van der Waals surface area contributed by atoms with Crippen molar-refractivity contribution in [2.75, 3.05) is 11.9 Å². The predicted molar refractivity (Wildman–Crippen MR) is 133 cm³/mol. The Kier molecular flexibility index (Phi) is 8.01. The first-order chi connectivity index (χ1) is 18.1. The minimum absolute atomic E-state index is 0. The SMILES string of the molecule is Cl.O=C(Nc1ccc2[nH]ncc2n1)[C@H]1C[C@@H](F)CN1C(=O)C1(c2ccc(OC(F)F)cc2)CCC(F)(F)CC1. The maximum atomic E-state index is 14.6. The molecule has 5 rings (SSSR count). The van der Waals surface area contributed by atoms with E-state index in [1.807, 2.05) is 0 Å². The van der Waals surface area contributed by atoms with Gasteiger partial charge in [0.05, 0.1) is 23.7 Å². The van der Waals surface area contributed by atoms with E-state index in [0.29, 0.717) is 16.6 Å². The number of alkyl halides is 5. The van der Waals surface area contributed by atoms with Gasteiger partial charge in [-0.2, -0.15) is 13.9 Å². The molecule has 1 aliphatic heterocycles. The van der Waals surface area contributed by atoms with Crippen molar-refractivity contribution < 1.29 is 36.3 Å². The van der Waals surface area contributed by atoms with Crippen molar-refractivity contribution in [1.29, 1.82) is 0 Å². The highest BCUT2D eigenvalue weighted by atomic mass is 35.5. The van der Waals surface area contributed by atoms with Crippen LogP contribution in [0.1, 0.15) is 37.7 Å². The first-order valence-electron chi connectivity index (χ1n) is 12.1. The maximum Gasteiger partial charge on any atom is 0.387 e. The van der Waals surface area contributed by atoms with Crippen LogP contribution < -0.4 is 10.1 Å². The van der Waals surface area contributed by atoms with Crippen LogP contribution in [-0.2, 0) is 15.0 Å². The van der Waals surface area contributed by atoms with Crippen molar-refractivity contribution in [1.82, 2.24) is 20.1 Å². The number of halogens is 6. The molecule has 0 radical (unpaired) electrons. The van der Waals surface area contributed by atoms with Crippen LogP contribution in [0.15, 0.2) is 42.6 Å². The third-order valence-corrected chi connectivity index (χ3v) is 7.24. The van der Waals surface area contributed by atoms with Gasteiger partial charge in [-0.1, -0.05) is 12.1 Å². The van der Waals surface area contributed by atoms with E-state index in [1.54, 1.807) is 6.07 Å². The molecule has 2 N–H and O–H groups in total. The van der Waals surface area contributed by atoms with Crippen LogP contribution in [0.2, 0.25) is 0 Å². The number of aromatic nitrogens is 3. The zero-order chi connectivity index (χ0) is 27.1. The van der Waals surface area contributed by atoms with Crippen molar-refractivity contribution in [2.45, 2.75) is 62.3 Å². The molecule has 210 valence electrons. The molecular weight excluding hydrogens is 549 g/mol. The summed E-state index contributed by atoms with van der Waals surface area (Å²) in [6.07, 6.45) is -1.99. The Morgan fingerprint density at radius 1 is 1.08 bits per heavy atom. The number of carbonyl (C=O) groups is 2. The van der Waals surface area contributed by atoms with E-state index >= 15 is 0 Å². The average molecular weight is 574 g/mol. The average Bonchev–Trinajstić information content (AvgIpc) is 3.50. The van der Waals surface area contributed by atoms with E-state index in [9.17, 15) is 31.5 Å². The number of H-pyrrole nitrogens is 1. The number of pyridine rings is 1. The van der Waals surface area contributed by atoms with Crippen LogP contribution in [0.25, 0.3) is 11.0 Å². The van der Waals surface area contributed by atoms with Gasteiger partial charge < -0.3 is 15.0 Å². The fourth-order valence-electron chi connectivity index (χ4n) is 5.27. The molecular formula is C25H25ClF5N5O3. The van der Waals surface area contributed by atoms with E-state index in [4.69, 9.17) is 0 Å². The van der Waals surface area contributed by atoms with Crippen molar-refractivity contribution in [3.05, 3.63) is 48.2 Å².